The number of nitrogens with zero attached hydrogens (tertiary/aromatic N) is 1. The average Bonchev–Trinajstić information content (AvgIpc) is 3.47. The quantitative estimate of drug-likeness (QED) is 0.855. The largest absolute Gasteiger partial charge is 0.326 e. The van der Waals surface area contributed by atoms with Crippen molar-refractivity contribution in [1.29, 1.82) is 0 Å². The van der Waals surface area contributed by atoms with Crippen LogP contribution in [0.5, 0.6) is 0 Å². The highest BCUT2D eigenvalue weighted by Crippen LogP contribution is 2.43. The molecular formula is C24H28N2O2. The zero-order valence-electron chi connectivity index (χ0n) is 16.9. The second kappa shape index (κ2) is 7.08. The molecule has 1 aliphatic heterocycles. The Morgan fingerprint density at radius 2 is 1.71 bits per heavy atom. The molecule has 2 aromatic carbocycles. The molecule has 2 atom stereocenters. The number of fused-ring (bicyclic) bond motifs is 1. The van der Waals surface area contributed by atoms with E-state index in [0.29, 0.717) is 6.42 Å². The van der Waals surface area contributed by atoms with Crippen LogP contribution in [-0.4, -0.2) is 18.4 Å². The van der Waals surface area contributed by atoms with Gasteiger partial charge in [0.25, 0.3) is 0 Å². The monoisotopic (exact) mass is 376 g/mol. The van der Waals surface area contributed by atoms with Crippen molar-refractivity contribution in [3.05, 3.63) is 59.7 Å². The summed E-state index contributed by atoms with van der Waals surface area (Å²) in [6.07, 6.45) is 2.63. The van der Waals surface area contributed by atoms with E-state index >= 15 is 0 Å². The summed E-state index contributed by atoms with van der Waals surface area (Å²) in [6, 6.07) is 16.0. The van der Waals surface area contributed by atoms with E-state index in [0.717, 1.165) is 36.3 Å². The molecule has 1 heterocycles. The summed E-state index contributed by atoms with van der Waals surface area (Å²) in [5, 5.41) is 3.08. The van der Waals surface area contributed by atoms with Crippen LogP contribution in [0.3, 0.4) is 0 Å². The maximum Gasteiger partial charge on any atom is 0.230 e. The van der Waals surface area contributed by atoms with Crippen LogP contribution in [0, 0.1) is 11.8 Å². The zero-order valence-corrected chi connectivity index (χ0v) is 16.9. The molecule has 0 radical (unpaired) electrons. The molecule has 0 spiro atoms. The van der Waals surface area contributed by atoms with Crippen LogP contribution in [-0.2, 0) is 21.4 Å². The summed E-state index contributed by atoms with van der Waals surface area (Å²) < 4.78 is 0. The van der Waals surface area contributed by atoms with Gasteiger partial charge in [0, 0.05) is 17.9 Å². The van der Waals surface area contributed by atoms with E-state index in [-0.39, 0.29) is 29.1 Å². The molecule has 1 aliphatic carbocycles. The van der Waals surface area contributed by atoms with Crippen LogP contribution in [0.2, 0.25) is 0 Å². The van der Waals surface area contributed by atoms with E-state index < -0.39 is 0 Å². The fourth-order valence-corrected chi connectivity index (χ4v) is 4.19. The van der Waals surface area contributed by atoms with Crippen LogP contribution in [0.15, 0.2) is 48.5 Å². The van der Waals surface area contributed by atoms with Crippen molar-refractivity contribution in [3.8, 4) is 0 Å². The molecule has 2 aromatic rings. The fraction of sp³-hybridized carbons (Fsp3) is 0.417. The van der Waals surface area contributed by atoms with Gasteiger partial charge in [-0.25, -0.2) is 0 Å². The van der Waals surface area contributed by atoms with E-state index in [9.17, 15) is 9.59 Å². The number of carbonyl (C=O) groups excluding carboxylic acids is 2. The van der Waals surface area contributed by atoms with Crippen molar-refractivity contribution in [3.63, 3.8) is 0 Å². The molecule has 28 heavy (non-hydrogen) atoms. The lowest BCUT2D eigenvalue weighted by Crippen LogP contribution is -2.37. The molecule has 4 heteroatoms. The van der Waals surface area contributed by atoms with Crippen molar-refractivity contribution >= 4 is 23.2 Å². The minimum Gasteiger partial charge on any atom is -0.326 e. The Balaban J connectivity index is 1.45. The fourth-order valence-electron chi connectivity index (χ4n) is 4.19. The minimum absolute atomic E-state index is 0.0413. The molecule has 4 nitrogen and oxygen atoms in total. The molecule has 4 rings (SSSR count). The maximum absolute atomic E-state index is 13.1. The molecule has 0 bridgehead atoms. The van der Waals surface area contributed by atoms with Crippen molar-refractivity contribution in [1.82, 2.24) is 0 Å². The number of rotatable bonds is 3. The van der Waals surface area contributed by atoms with Gasteiger partial charge >= 0.3 is 0 Å². The molecule has 2 aliphatic rings. The van der Waals surface area contributed by atoms with Crippen LogP contribution in [0.1, 0.15) is 44.7 Å². The third-order valence-electron chi connectivity index (χ3n) is 5.81. The third kappa shape index (κ3) is 3.56. The van der Waals surface area contributed by atoms with Crippen molar-refractivity contribution in [2.45, 2.75) is 45.4 Å². The first-order valence-electron chi connectivity index (χ1n) is 10.2. The highest BCUT2D eigenvalue weighted by atomic mass is 16.2. The number of benzene rings is 2. The van der Waals surface area contributed by atoms with E-state index in [1.807, 2.05) is 41.3 Å². The van der Waals surface area contributed by atoms with Gasteiger partial charge < -0.3 is 10.2 Å². The lowest BCUT2D eigenvalue weighted by atomic mass is 9.86. The van der Waals surface area contributed by atoms with Gasteiger partial charge in [-0.05, 0) is 47.9 Å². The molecule has 0 saturated heterocycles. The topological polar surface area (TPSA) is 49.4 Å². The van der Waals surface area contributed by atoms with Crippen molar-refractivity contribution in [2.24, 2.45) is 11.8 Å². The van der Waals surface area contributed by atoms with Crippen LogP contribution < -0.4 is 10.2 Å². The Bertz CT molecular complexity index is 913. The minimum atomic E-state index is -0.227. The summed E-state index contributed by atoms with van der Waals surface area (Å²) in [7, 11) is 0. The lowest BCUT2D eigenvalue weighted by molar-refractivity contribution is -0.123. The molecule has 1 N–H and O–H groups in total. The average molecular weight is 377 g/mol. The van der Waals surface area contributed by atoms with E-state index in [1.165, 1.54) is 5.56 Å². The van der Waals surface area contributed by atoms with Gasteiger partial charge in [-0.3, -0.25) is 9.59 Å². The molecule has 2 unspecified atom stereocenters. The molecule has 146 valence electrons. The predicted molar refractivity (Wildman–Crippen MR) is 112 cm³/mol. The summed E-state index contributed by atoms with van der Waals surface area (Å²) in [4.78, 5) is 27.8. The molecular weight excluding hydrogens is 348 g/mol. The van der Waals surface area contributed by atoms with E-state index in [4.69, 9.17) is 0 Å². The van der Waals surface area contributed by atoms with Gasteiger partial charge in [-0.1, -0.05) is 57.2 Å². The number of nitrogens with one attached hydrogen (secondary N) is 1. The summed E-state index contributed by atoms with van der Waals surface area (Å²) in [5.41, 5.74) is 4.14. The Hall–Kier alpha value is -2.62. The third-order valence-corrected chi connectivity index (χ3v) is 5.81. The van der Waals surface area contributed by atoms with Crippen LogP contribution in [0.25, 0.3) is 0 Å². The highest BCUT2D eigenvalue weighted by molar-refractivity contribution is 6.05. The molecule has 1 fully saturated rings. The van der Waals surface area contributed by atoms with Gasteiger partial charge in [0.2, 0.25) is 11.8 Å². The summed E-state index contributed by atoms with van der Waals surface area (Å²) >= 11 is 0. The van der Waals surface area contributed by atoms with Gasteiger partial charge in [-0.15, -0.1) is 0 Å². The number of carbonyl (C=O) groups is 2. The number of para-hydroxylation sites is 2. The Morgan fingerprint density at radius 1 is 1.00 bits per heavy atom. The standard InChI is InChI=1S/C24H28N2O2/c1-24(2,3)19-11-5-6-12-20(19)25-22(27)17-15-18(17)23(28)26-14-8-10-16-9-4-7-13-21(16)26/h4-7,9,11-13,17-18H,8,10,14-15H2,1-3H3,(H,25,27). The van der Waals surface area contributed by atoms with Crippen LogP contribution >= 0.6 is 0 Å². The van der Waals surface area contributed by atoms with Crippen molar-refractivity contribution < 1.29 is 9.59 Å². The maximum atomic E-state index is 13.1. The second-order valence-electron chi connectivity index (χ2n) is 8.96. The Kier molecular flexibility index (Phi) is 4.74. The number of aryl methyl sites for hydroxylation is 1. The SMILES string of the molecule is CC(C)(C)c1ccccc1NC(=O)C1CC1C(=O)N1CCCc2ccccc21. The van der Waals surface area contributed by atoms with Crippen LogP contribution in [0.4, 0.5) is 11.4 Å². The second-order valence-corrected chi connectivity index (χ2v) is 8.96. The smallest absolute Gasteiger partial charge is 0.230 e. The summed E-state index contributed by atoms with van der Waals surface area (Å²) in [5.74, 6) is -0.376. The van der Waals surface area contributed by atoms with E-state index in [1.54, 1.807) is 0 Å². The highest BCUT2D eigenvalue weighted by Gasteiger charge is 2.50. The Morgan fingerprint density at radius 3 is 2.50 bits per heavy atom. The molecule has 0 aromatic heterocycles. The lowest BCUT2D eigenvalue weighted by Gasteiger charge is -2.29. The summed E-state index contributed by atoms with van der Waals surface area (Å²) in [6.45, 7) is 7.15. The first kappa shape index (κ1) is 18.7. The predicted octanol–water partition coefficient (Wildman–Crippen LogP) is 4.54. The number of anilines is 2. The molecule has 2 amide bonds. The van der Waals surface area contributed by atoms with E-state index in [2.05, 4.69) is 38.2 Å². The number of hydrogen-bond acceptors (Lipinski definition) is 2. The number of hydrogen-bond donors (Lipinski definition) is 1. The van der Waals surface area contributed by atoms with Gasteiger partial charge in [0.1, 0.15) is 0 Å². The first-order chi connectivity index (χ1) is 13.4. The number of amides is 2. The zero-order chi connectivity index (χ0) is 19.9. The molecule has 1 saturated carbocycles. The van der Waals surface area contributed by atoms with Gasteiger partial charge in [-0.2, -0.15) is 0 Å². The normalized spacial score (nSPS) is 21.0. The van der Waals surface area contributed by atoms with Gasteiger partial charge in [0.05, 0.1) is 11.8 Å². The first-order valence-corrected chi connectivity index (χ1v) is 10.2. The van der Waals surface area contributed by atoms with Gasteiger partial charge in [0.15, 0.2) is 0 Å². The Labute approximate surface area is 166 Å². The van der Waals surface area contributed by atoms with Crippen molar-refractivity contribution in [2.75, 3.05) is 16.8 Å².